The fraction of sp³-hybridized carbons (Fsp3) is 0.294. The van der Waals surface area contributed by atoms with Gasteiger partial charge in [0.25, 0.3) is 0 Å². The first-order valence-electron chi connectivity index (χ1n) is 6.81. The summed E-state index contributed by atoms with van der Waals surface area (Å²) in [4.78, 5) is 0. The summed E-state index contributed by atoms with van der Waals surface area (Å²) >= 11 is 0. The van der Waals surface area contributed by atoms with Crippen LogP contribution in [-0.2, 0) is 0 Å². The summed E-state index contributed by atoms with van der Waals surface area (Å²) in [7, 11) is 0. The van der Waals surface area contributed by atoms with Gasteiger partial charge in [-0.15, -0.1) is 0 Å². The molecule has 0 spiro atoms. The number of ether oxygens (including phenoxy) is 1. The average Bonchev–Trinajstić information content (AvgIpc) is 2.46. The molecule has 0 saturated heterocycles. The summed E-state index contributed by atoms with van der Waals surface area (Å²) in [5.74, 6) is 0.911. The fourth-order valence-corrected chi connectivity index (χ4v) is 2.22. The third-order valence-electron chi connectivity index (χ3n) is 3.12. The molecule has 1 N–H and O–H groups in total. The highest BCUT2D eigenvalue weighted by atomic mass is 16.5. The molecule has 100 valence electrons. The molecule has 0 amide bonds. The van der Waals surface area contributed by atoms with Gasteiger partial charge in [0.15, 0.2) is 0 Å². The first-order valence-corrected chi connectivity index (χ1v) is 6.81. The van der Waals surface area contributed by atoms with E-state index in [0.717, 1.165) is 12.3 Å². The van der Waals surface area contributed by atoms with Gasteiger partial charge in [0.2, 0.25) is 0 Å². The van der Waals surface area contributed by atoms with Gasteiger partial charge < -0.3 is 10.1 Å². The van der Waals surface area contributed by atoms with Gasteiger partial charge in [0.05, 0.1) is 6.04 Å². The normalized spacial score (nSPS) is 13.8. The van der Waals surface area contributed by atoms with E-state index in [-0.39, 0.29) is 12.1 Å². The van der Waals surface area contributed by atoms with Gasteiger partial charge in [0, 0.05) is 0 Å². The van der Waals surface area contributed by atoms with Crippen LogP contribution in [0.15, 0.2) is 60.7 Å². The summed E-state index contributed by atoms with van der Waals surface area (Å²) in [5.41, 5.74) is 1.26. The van der Waals surface area contributed by atoms with Crippen molar-refractivity contribution in [2.75, 3.05) is 6.54 Å². The molecule has 0 aliphatic carbocycles. The van der Waals surface area contributed by atoms with E-state index in [1.54, 1.807) is 0 Å². The number of rotatable bonds is 6. The van der Waals surface area contributed by atoms with Gasteiger partial charge in [-0.2, -0.15) is 0 Å². The predicted molar refractivity (Wildman–Crippen MR) is 79.4 cm³/mol. The molecule has 0 fully saturated rings. The number of hydrogen-bond donors (Lipinski definition) is 1. The van der Waals surface area contributed by atoms with Crippen LogP contribution in [0.2, 0.25) is 0 Å². The minimum absolute atomic E-state index is 0.0738. The van der Waals surface area contributed by atoms with Crippen molar-refractivity contribution in [3.05, 3.63) is 66.2 Å². The van der Waals surface area contributed by atoms with E-state index in [4.69, 9.17) is 4.74 Å². The van der Waals surface area contributed by atoms with Crippen molar-refractivity contribution in [3.8, 4) is 5.75 Å². The van der Waals surface area contributed by atoms with E-state index in [1.165, 1.54) is 5.56 Å². The lowest BCUT2D eigenvalue weighted by atomic mass is 10.0. The van der Waals surface area contributed by atoms with E-state index in [1.807, 2.05) is 36.4 Å². The Bertz CT molecular complexity index is 469. The zero-order valence-electron chi connectivity index (χ0n) is 11.5. The molecule has 2 rings (SSSR count). The van der Waals surface area contributed by atoms with Gasteiger partial charge in [-0.25, -0.2) is 0 Å². The van der Waals surface area contributed by atoms with Crippen molar-refractivity contribution in [2.24, 2.45) is 0 Å². The van der Waals surface area contributed by atoms with Crippen molar-refractivity contribution < 1.29 is 4.74 Å². The van der Waals surface area contributed by atoms with Crippen LogP contribution >= 0.6 is 0 Å². The molecule has 0 aliphatic heterocycles. The van der Waals surface area contributed by atoms with Crippen molar-refractivity contribution in [2.45, 2.75) is 26.0 Å². The smallest absolute Gasteiger partial charge is 0.119 e. The van der Waals surface area contributed by atoms with E-state index >= 15 is 0 Å². The molecular weight excluding hydrogens is 234 g/mol. The van der Waals surface area contributed by atoms with Crippen LogP contribution in [0.25, 0.3) is 0 Å². The van der Waals surface area contributed by atoms with Crippen molar-refractivity contribution in [3.63, 3.8) is 0 Å². The maximum absolute atomic E-state index is 6.02. The fourth-order valence-electron chi connectivity index (χ4n) is 2.22. The monoisotopic (exact) mass is 255 g/mol. The van der Waals surface area contributed by atoms with Gasteiger partial charge in [-0.05, 0) is 31.2 Å². The molecular formula is C17H21NO. The van der Waals surface area contributed by atoms with Crippen LogP contribution in [0.1, 0.15) is 25.5 Å². The number of hydrogen-bond acceptors (Lipinski definition) is 2. The highest BCUT2D eigenvalue weighted by Gasteiger charge is 2.19. The third kappa shape index (κ3) is 3.83. The molecule has 2 nitrogen and oxygen atoms in total. The van der Waals surface area contributed by atoms with Crippen LogP contribution in [0.4, 0.5) is 0 Å². The second kappa shape index (κ2) is 6.95. The van der Waals surface area contributed by atoms with Crippen LogP contribution in [-0.4, -0.2) is 12.6 Å². The highest BCUT2D eigenvalue weighted by molar-refractivity contribution is 5.24. The standard InChI is InChI=1S/C17H21NO/c1-3-18-17(15-10-6-4-7-11-15)14(2)19-16-12-8-5-9-13-16/h4-14,17-18H,3H2,1-2H3. The summed E-state index contributed by atoms with van der Waals surface area (Å²) in [5, 5.41) is 3.49. The maximum Gasteiger partial charge on any atom is 0.119 e. The van der Waals surface area contributed by atoms with Crippen molar-refractivity contribution in [1.82, 2.24) is 5.32 Å². The lowest BCUT2D eigenvalue weighted by Gasteiger charge is -2.26. The second-order valence-electron chi connectivity index (χ2n) is 4.58. The summed E-state index contributed by atoms with van der Waals surface area (Å²) < 4.78 is 6.02. The Hall–Kier alpha value is -1.80. The van der Waals surface area contributed by atoms with E-state index in [9.17, 15) is 0 Å². The van der Waals surface area contributed by atoms with Gasteiger partial charge in [-0.1, -0.05) is 55.5 Å². The lowest BCUT2D eigenvalue weighted by molar-refractivity contribution is 0.172. The molecule has 2 atom stereocenters. The van der Waals surface area contributed by atoms with Crippen molar-refractivity contribution >= 4 is 0 Å². The number of para-hydroxylation sites is 1. The average molecular weight is 255 g/mol. The molecule has 2 aromatic carbocycles. The van der Waals surface area contributed by atoms with Crippen LogP contribution in [0.5, 0.6) is 5.75 Å². The highest BCUT2D eigenvalue weighted by Crippen LogP contribution is 2.21. The zero-order valence-corrected chi connectivity index (χ0v) is 11.5. The first-order chi connectivity index (χ1) is 9.31. The van der Waals surface area contributed by atoms with Crippen LogP contribution < -0.4 is 10.1 Å². The minimum Gasteiger partial charge on any atom is -0.489 e. The molecule has 0 heterocycles. The number of likely N-dealkylation sites (N-methyl/N-ethyl adjacent to an activating group) is 1. The van der Waals surface area contributed by atoms with Gasteiger partial charge >= 0.3 is 0 Å². The molecule has 0 radical (unpaired) electrons. The maximum atomic E-state index is 6.02. The van der Waals surface area contributed by atoms with Crippen LogP contribution in [0.3, 0.4) is 0 Å². The van der Waals surface area contributed by atoms with Gasteiger partial charge in [0.1, 0.15) is 11.9 Å². The zero-order chi connectivity index (χ0) is 13.5. The van der Waals surface area contributed by atoms with E-state index in [0.29, 0.717) is 0 Å². The Labute approximate surface area is 115 Å². The SMILES string of the molecule is CCNC(c1ccccc1)C(C)Oc1ccccc1. The molecule has 0 aromatic heterocycles. The Kier molecular flexibility index (Phi) is 4.99. The number of benzene rings is 2. The Morgan fingerprint density at radius 3 is 2.11 bits per heavy atom. The molecule has 2 heteroatoms. The van der Waals surface area contributed by atoms with Crippen LogP contribution in [0, 0.1) is 0 Å². The second-order valence-corrected chi connectivity index (χ2v) is 4.58. The molecule has 19 heavy (non-hydrogen) atoms. The quantitative estimate of drug-likeness (QED) is 0.847. The molecule has 0 bridgehead atoms. The largest absolute Gasteiger partial charge is 0.489 e. The molecule has 2 aromatic rings. The molecule has 2 unspecified atom stereocenters. The van der Waals surface area contributed by atoms with Gasteiger partial charge in [-0.3, -0.25) is 0 Å². The van der Waals surface area contributed by atoms with E-state index in [2.05, 4.69) is 43.4 Å². The lowest BCUT2D eigenvalue weighted by Crippen LogP contribution is -2.33. The Balaban J connectivity index is 2.11. The number of nitrogens with one attached hydrogen (secondary N) is 1. The summed E-state index contributed by atoms with van der Waals surface area (Å²) in [6.07, 6.45) is 0.0738. The molecule has 0 saturated carbocycles. The van der Waals surface area contributed by atoms with Crippen molar-refractivity contribution in [1.29, 1.82) is 0 Å². The first kappa shape index (κ1) is 13.6. The Morgan fingerprint density at radius 2 is 1.53 bits per heavy atom. The topological polar surface area (TPSA) is 21.3 Å². The molecule has 0 aliphatic rings. The predicted octanol–water partition coefficient (Wildman–Crippen LogP) is 3.80. The van der Waals surface area contributed by atoms with E-state index < -0.39 is 0 Å². The summed E-state index contributed by atoms with van der Waals surface area (Å²) in [6.45, 7) is 5.14. The minimum atomic E-state index is 0.0738. The Morgan fingerprint density at radius 1 is 0.947 bits per heavy atom. The summed E-state index contributed by atoms with van der Waals surface area (Å²) in [6, 6.07) is 20.6. The third-order valence-corrected chi connectivity index (χ3v) is 3.12.